The van der Waals surface area contributed by atoms with Gasteiger partial charge in [0.05, 0.1) is 13.7 Å². The van der Waals surface area contributed by atoms with Crippen LogP contribution in [0, 0.1) is 6.92 Å². The lowest BCUT2D eigenvalue weighted by molar-refractivity contribution is -0.120. The van der Waals surface area contributed by atoms with E-state index in [2.05, 4.69) is 16.7 Å². The number of benzene rings is 1. The van der Waals surface area contributed by atoms with Gasteiger partial charge in [-0.2, -0.15) is 0 Å². The molecule has 1 aliphatic rings. The zero-order chi connectivity index (χ0) is 13.0. The van der Waals surface area contributed by atoms with Crippen LogP contribution in [0.15, 0.2) is 18.2 Å². The average Bonchev–Trinajstić information content (AvgIpc) is 3.13. The Morgan fingerprint density at radius 1 is 1.44 bits per heavy atom. The molecule has 0 radical (unpaired) electrons. The minimum Gasteiger partial charge on any atom is -0.496 e. The predicted octanol–water partition coefficient (Wildman–Crippen LogP) is 1.37. The van der Waals surface area contributed by atoms with Crippen molar-refractivity contribution in [1.29, 1.82) is 0 Å². The first-order valence-corrected chi connectivity index (χ1v) is 6.32. The van der Waals surface area contributed by atoms with Gasteiger partial charge >= 0.3 is 0 Å². The highest BCUT2D eigenvalue weighted by atomic mass is 16.5. The van der Waals surface area contributed by atoms with Crippen molar-refractivity contribution < 1.29 is 9.53 Å². The van der Waals surface area contributed by atoms with Gasteiger partial charge in [0.1, 0.15) is 5.75 Å². The van der Waals surface area contributed by atoms with Gasteiger partial charge < -0.3 is 15.4 Å². The first kappa shape index (κ1) is 12.9. The van der Waals surface area contributed by atoms with Gasteiger partial charge in [-0.1, -0.05) is 17.7 Å². The molecule has 0 unspecified atom stereocenters. The molecule has 4 heteroatoms. The molecule has 1 fully saturated rings. The van der Waals surface area contributed by atoms with Gasteiger partial charge in [0.15, 0.2) is 0 Å². The fourth-order valence-corrected chi connectivity index (χ4v) is 1.86. The molecule has 0 heterocycles. The molecule has 0 aromatic heterocycles. The fraction of sp³-hybridized carbons (Fsp3) is 0.500. The van der Waals surface area contributed by atoms with Crippen LogP contribution in [0.1, 0.15) is 24.0 Å². The minimum absolute atomic E-state index is 0.0733. The second-order valence-corrected chi connectivity index (χ2v) is 4.76. The summed E-state index contributed by atoms with van der Waals surface area (Å²) in [4.78, 5) is 11.5. The summed E-state index contributed by atoms with van der Waals surface area (Å²) in [5.41, 5.74) is 2.27. The number of hydrogen-bond donors (Lipinski definition) is 2. The lowest BCUT2D eigenvalue weighted by Crippen LogP contribution is -2.34. The summed E-state index contributed by atoms with van der Waals surface area (Å²) in [6.07, 6.45) is 2.24. The van der Waals surface area contributed by atoms with E-state index in [0.29, 0.717) is 19.1 Å². The largest absolute Gasteiger partial charge is 0.496 e. The zero-order valence-corrected chi connectivity index (χ0v) is 11.0. The lowest BCUT2D eigenvalue weighted by atomic mass is 10.1. The van der Waals surface area contributed by atoms with E-state index in [1.807, 2.05) is 19.1 Å². The molecule has 0 aliphatic heterocycles. The van der Waals surface area contributed by atoms with E-state index in [0.717, 1.165) is 24.2 Å². The summed E-state index contributed by atoms with van der Waals surface area (Å²) in [6.45, 7) is 3.04. The van der Waals surface area contributed by atoms with E-state index in [1.54, 1.807) is 7.11 Å². The molecule has 0 saturated heterocycles. The van der Waals surface area contributed by atoms with E-state index < -0.39 is 0 Å². The maximum atomic E-state index is 11.5. The molecule has 1 aromatic carbocycles. The van der Waals surface area contributed by atoms with Crippen LogP contribution < -0.4 is 15.4 Å². The van der Waals surface area contributed by atoms with Crippen LogP contribution in [0.2, 0.25) is 0 Å². The normalized spacial score (nSPS) is 14.3. The zero-order valence-electron chi connectivity index (χ0n) is 11.0. The van der Waals surface area contributed by atoms with Gasteiger partial charge in [-0.05, 0) is 25.8 Å². The van der Waals surface area contributed by atoms with Crippen molar-refractivity contribution in [2.24, 2.45) is 0 Å². The number of hydrogen-bond acceptors (Lipinski definition) is 3. The Balaban J connectivity index is 1.81. The number of carbonyl (C=O) groups excluding carboxylic acids is 1. The summed E-state index contributed by atoms with van der Waals surface area (Å²) in [7, 11) is 1.66. The number of amides is 1. The second kappa shape index (κ2) is 5.87. The average molecular weight is 248 g/mol. The van der Waals surface area contributed by atoms with Crippen LogP contribution in [-0.2, 0) is 11.3 Å². The van der Waals surface area contributed by atoms with Crippen LogP contribution in [0.25, 0.3) is 0 Å². The Labute approximate surface area is 108 Å². The summed E-state index contributed by atoms with van der Waals surface area (Å²) < 4.78 is 5.29. The first-order chi connectivity index (χ1) is 8.69. The predicted molar refractivity (Wildman–Crippen MR) is 70.6 cm³/mol. The number of nitrogens with one attached hydrogen (secondary N) is 2. The van der Waals surface area contributed by atoms with E-state index in [-0.39, 0.29) is 5.91 Å². The number of rotatable bonds is 6. The molecule has 1 saturated carbocycles. The number of aryl methyl sites for hydroxylation is 1. The van der Waals surface area contributed by atoms with Gasteiger partial charge in [0, 0.05) is 18.2 Å². The molecule has 98 valence electrons. The van der Waals surface area contributed by atoms with Gasteiger partial charge in [-0.3, -0.25) is 4.79 Å². The monoisotopic (exact) mass is 248 g/mol. The van der Waals surface area contributed by atoms with Crippen molar-refractivity contribution in [3.05, 3.63) is 29.3 Å². The quantitative estimate of drug-likeness (QED) is 0.799. The van der Waals surface area contributed by atoms with Crippen molar-refractivity contribution in [3.63, 3.8) is 0 Å². The molecule has 1 amide bonds. The molecule has 18 heavy (non-hydrogen) atoms. The molecule has 0 atom stereocenters. The van der Waals surface area contributed by atoms with Crippen molar-refractivity contribution in [3.8, 4) is 5.75 Å². The fourth-order valence-electron chi connectivity index (χ4n) is 1.86. The van der Waals surface area contributed by atoms with E-state index in [4.69, 9.17) is 4.74 Å². The Hall–Kier alpha value is -1.55. The van der Waals surface area contributed by atoms with Crippen molar-refractivity contribution in [1.82, 2.24) is 10.6 Å². The van der Waals surface area contributed by atoms with Gasteiger partial charge in [0.2, 0.25) is 5.91 Å². The van der Waals surface area contributed by atoms with Gasteiger partial charge in [-0.15, -0.1) is 0 Å². The van der Waals surface area contributed by atoms with Crippen molar-refractivity contribution >= 4 is 5.91 Å². The van der Waals surface area contributed by atoms with Crippen molar-refractivity contribution in [2.75, 3.05) is 13.7 Å². The SMILES string of the molecule is COc1ccc(C)cc1CNCC(=O)NC1CC1. The highest BCUT2D eigenvalue weighted by Crippen LogP contribution is 2.19. The Bertz CT molecular complexity index is 428. The number of methoxy groups -OCH3 is 1. The highest BCUT2D eigenvalue weighted by molar-refractivity contribution is 5.78. The molecule has 1 aliphatic carbocycles. The summed E-state index contributed by atoms with van der Waals surface area (Å²) in [5.74, 6) is 0.930. The molecule has 1 aromatic rings. The minimum atomic E-state index is 0.0733. The van der Waals surface area contributed by atoms with E-state index in [9.17, 15) is 4.79 Å². The lowest BCUT2D eigenvalue weighted by Gasteiger charge is -2.10. The first-order valence-electron chi connectivity index (χ1n) is 6.32. The summed E-state index contributed by atoms with van der Waals surface area (Å²) in [6, 6.07) is 6.47. The highest BCUT2D eigenvalue weighted by Gasteiger charge is 2.22. The van der Waals surface area contributed by atoms with Crippen LogP contribution >= 0.6 is 0 Å². The number of ether oxygens (including phenoxy) is 1. The third-order valence-electron chi connectivity index (χ3n) is 2.98. The third kappa shape index (κ3) is 3.74. The summed E-state index contributed by atoms with van der Waals surface area (Å²) in [5, 5.41) is 6.09. The molecule has 2 N–H and O–H groups in total. The van der Waals surface area contributed by atoms with Crippen LogP contribution in [0.5, 0.6) is 5.75 Å². The molecule has 2 rings (SSSR count). The van der Waals surface area contributed by atoms with Crippen LogP contribution in [0.4, 0.5) is 0 Å². The molecule has 0 bridgehead atoms. The molecule has 0 spiro atoms. The topological polar surface area (TPSA) is 50.4 Å². The van der Waals surface area contributed by atoms with Crippen LogP contribution in [-0.4, -0.2) is 25.6 Å². The van der Waals surface area contributed by atoms with Crippen LogP contribution in [0.3, 0.4) is 0 Å². The Morgan fingerprint density at radius 3 is 2.89 bits per heavy atom. The maximum absolute atomic E-state index is 11.5. The Morgan fingerprint density at radius 2 is 2.22 bits per heavy atom. The maximum Gasteiger partial charge on any atom is 0.234 e. The molecule has 4 nitrogen and oxygen atoms in total. The number of carbonyl (C=O) groups is 1. The second-order valence-electron chi connectivity index (χ2n) is 4.76. The summed E-state index contributed by atoms with van der Waals surface area (Å²) >= 11 is 0. The van der Waals surface area contributed by atoms with Crippen molar-refractivity contribution in [2.45, 2.75) is 32.4 Å². The van der Waals surface area contributed by atoms with E-state index >= 15 is 0 Å². The smallest absolute Gasteiger partial charge is 0.234 e. The standard InChI is InChI=1S/C14H20N2O2/c1-10-3-6-13(18-2)11(7-10)8-15-9-14(17)16-12-4-5-12/h3,6-7,12,15H,4-5,8-9H2,1-2H3,(H,16,17). The molecular weight excluding hydrogens is 228 g/mol. The third-order valence-corrected chi connectivity index (χ3v) is 2.98. The van der Waals surface area contributed by atoms with Gasteiger partial charge in [-0.25, -0.2) is 0 Å². The Kier molecular flexibility index (Phi) is 4.20. The van der Waals surface area contributed by atoms with E-state index in [1.165, 1.54) is 5.56 Å². The molecular formula is C14H20N2O2. The van der Waals surface area contributed by atoms with Gasteiger partial charge in [0.25, 0.3) is 0 Å².